The van der Waals surface area contributed by atoms with Gasteiger partial charge < -0.3 is 36.2 Å². The fourth-order valence-corrected chi connectivity index (χ4v) is 4.57. The molecule has 0 aliphatic carbocycles. The lowest BCUT2D eigenvalue weighted by Crippen LogP contribution is -2.38. The SMILES string of the molecule is CCN(C)C[C@H]1OC(n2cnc3c(N)nc(NCCNC(=O)CCCCCNS(C)(=O)=O)nc32)[C@H](O)[C@@H]1O. The molecule has 1 aliphatic rings. The van der Waals surface area contributed by atoms with E-state index in [1.54, 1.807) is 0 Å². The van der Waals surface area contributed by atoms with Gasteiger partial charge in [-0.2, -0.15) is 9.97 Å². The van der Waals surface area contributed by atoms with Gasteiger partial charge in [0.1, 0.15) is 23.8 Å². The Morgan fingerprint density at radius 2 is 1.95 bits per heavy atom. The van der Waals surface area contributed by atoms with E-state index in [-0.39, 0.29) is 17.7 Å². The topological polar surface area (TPSA) is 210 Å². The fourth-order valence-electron chi connectivity index (χ4n) is 4.06. The van der Waals surface area contributed by atoms with Gasteiger partial charge in [-0.05, 0) is 26.4 Å². The van der Waals surface area contributed by atoms with Crippen LogP contribution < -0.4 is 21.1 Å². The second kappa shape index (κ2) is 13.4. The minimum Gasteiger partial charge on any atom is -0.387 e. The molecule has 2 aromatic heterocycles. The quantitative estimate of drug-likeness (QED) is 0.140. The first-order valence-corrected chi connectivity index (χ1v) is 14.5. The Bertz CT molecular complexity index is 1180. The summed E-state index contributed by atoms with van der Waals surface area (Å²) in [6, 6.07) is 0. The number of nitrogen functional groups attached to an aromatic ring is 1. The van der Waals surface area contributed by atoms with E-state index in [1.165, 1.54) is 10.9 Å². The van der Waals surface area contributed by atoms with E-state index in [0.29, 0.717) is 56.6 Å². The molecule has 0 radical (unpaired) electrons. The van der Waals surface area contributed by atoms with Crippen LogP contribution in [0.15, 0.2) is 6.33 Å². The Morgan fingerprint density at radius 3 is 2.66 bits per heavy atom. The van der Waals surface area contributed by atoms with Crippen molar-refractivity contribution in [2.75, 3.05) is 57.1 Å². The summed E-state index contributed by atoms with van der Waals surface area (Å²) in [6.45, 7) is 4.25. The van der Waals surface area contributed by atoms with Crippen LogP contribution in [0.25, 0.3) is 11.2 Å². The molecular formula is C22H39N9O6S. The molecular weight excluding hydrogens is 518 g/mol. The predicted molar refractivity (Wildman–Crippen MR) is 142 cm³/mol. The molecule has 0 aromatic carbocycles. The molecule has 2 aromatic rings. The minimum absolute atomic E-state index is 0.106. The number of anilines is 2. The van der Waals surface area contributed by atoms with Crippen molar-refractivity contribution in [2.24, 2.45) is 0 Å². The highest BCUT2D eigenvalue weighted by molar-refractivity contribution is 7.88. The molecule has 16 heteroatoms. The van der Waals surface area contributed by atoms with Crippen LogP contribution in [0.5, 0.6) is 0 Å². The third-order valence-electron chi connectivity index (χ3n) is 6.27. The summed E-state index contributed by atoms with van der Waals surface area (Å²) < 4.78 is 32.0. The van der Waals surface area contributed by atoms with Gasteiger partial charge in [0.2, 0.25) is 21.9 Å². The number of aliphatic hydroxyl groups is 2. The van der Waals surface area contributed by atoms with Crippen LogP contribution in [-0.4, -0.2) is 113 Å². The number of hydrogen-bond acceptors (Lipinski definition) is 12. The summed E-state index contributed by atoms with van der Waals surface area (Å²) in [5.74, 6) is 0.256. The summed E-state index contributed by atoms with van der Waals surface area (Å²) in [6.07, 6.45) is 1.24. The largest absolute Gasteiger partial charge is 0.387 e. The number of amides is 1. The molecule has 4 atom stereocenters. The van der Waals surface area contributed by atoms with Crippen LogP contribution in [0.1, 0.15) is 38.8 Å². The van der Waals surface area contributed by atoms with Crippen LogP contribution >= 0.6 is 0 Å². The Labute approximate surface area is 222 Å². The van der Waals surface area contributed by atoms with E-state index in [1.807, 2.05) is 18.9 Å². The third kappa shape index (κ3) is 8.18. The van der Waals surface area contributed by atoms with Gasteiger partial charge in [-0.1, -0.05) is 13.3 Å². The number of likely N-dealkylation sites (N-methyl/N-ethyl adjacent to an activating group) is 1. The minimum atomic E-state index is -3.18. The summed E-state index contributed by atoms with van der Waals surface area (Å²) in [7, 11) is -1.28. The summed E-state index contributed by atoms with van der Waals surface area (Å²) in [4.78, 5) is 26.9. The van der Waals surface area contributed by atoms with Gasteiger partial charge in [0.05, 0.1) is 12.6 Å². The van der Waals surface area contributed by atoms with Crippen molar-refractivity contribution >= 4 is 38.9 Å². The van der Waals surface area contributed by atoms with Gasteiger partial charge in [0.15, 0.2) is 17.7 Å². The number of rotatable bonds is 15. The summed E-state index contributed by atoms with van der Waals surface area (Å²) in [5, 5.41) is 27.0. The Morgan fingerprint density at radius 1 is 1.18 bits per heavy atom. The lowest BCUT2D eigenvalue weighted by Gasteiger charge is -2.21. The Kier molecular flexibility index (Phi) is 10.6. The molecule has 0 spiro atoms. The van der Waals surface area contributed by atoms with Gasteiger partial charge in [-0.25, -0.2) is 18.1 Å². The van der Waals surface area contributed by atoms with E-state index in [9.17, 15) is 23.4 Å². The maximum atomic E-state index is 12.0. The molecule has 0 saturated carbocycles. The maximum absolute atomic E-state index is 12.0. The molecule has 1 fully saturated rings. The first kappa shape index (κ1) is 29.9. The third-order valence-corrected chi connectivity index (χ3v) is 6.99. The fraction of sp³-hybridized carbons (Fsp3) is 0.727. The Balaban J connectivity index is 1.50. The molecule has 1 aliphatic heterocycles. The molecule has 1 saturated heterocycles. The second-order valence-electron chi connectivity index (χ2n) is 9.41. The first-order chi connectivity index (χ1) is 18.0. The van der Waals surface area contributed by atoms with Crippen molar-refractivity contribution in [2.45, 2.75) is 57.1 Å². The van der Waals surface area contributed by atoms with Crippen molar-refractivity contribution in [1.82, 2.24) is 34.5 Å². The number of unbranched alkanes of at least 4 members (excludes halogenated alkanes) is 2. The average Bonchev–Trinajstić information content (AvgIpc) is 3.40. The van der Waals surface area contributed by atoms with Crippen molar-refractivity contribution < 1.29 is 28.2 Å². The molecule has 214 valence electrons. The van der Waals surface area contributed by atoms with Gasteiger partial charge in [-0.3, -0.25) is 9.36 Å². The van der Waals surface area contributed by atoms with E-state index in [2.05, 4.69) is 30.3 Å². The van der Waals surface area contributed by atoms with Crippen molar-refractivity contribution in [3.8, 4) is 0 Å². The summed E-state index contributed by atoms with van der Waals surface area (Å²) >= 11 is 0. The zero-order chi connectivity index (χ0) is 27.9. The van der Waals surface area contributed by atoms with Gasteiger partial charge >= 0.3 is 0 Å². The van der Waals surface area contributed by atoms with E-state index < -0.39 is 34.6 Å². The van der Waals surface area contributed by atoms with Crippen LogP contribution in [0.2, 0.25) is 0 Å². The van der Waals surface area contributed by atoms with Gasteiger partial charge in [0, 0.05) is 32.6 Å². The molecule has 1 unspecified atom stereocenters. The van der Waals surface area contributed by atoms with E-state index in [0.717, 1.165) is 19.2 Å². The number of nitrogens with two attached hydrogens (primary N) is 1. The average molecular weight is 558 g/mol. The van der Waals surface area contributed by atoms with E-state index in [4.69, 9.17) is 10.5 Å². The van der Waals surface area contributed by atoms with E-state index >= 15 is 0 Å². The zero-order valence-corrected chi connectivity index (χ0v) is 22.8. The number of aromatic nitrogens is 4. The highest BCUT2D eigenvalue weighted by Crippen LogP contribution is 2.32. The Hall–Kier alpha value is -2.63. The number of aliphatic hydroxyl groups excluding tert-OH is 2. The molecule has 15 nitrogen and oxygen atoms in total. The van der Waals surface area contributed by atoms with Gasteiger partial charge in [0.25, 0.3) is 0 Å². The van der Waals surface area contributed by atoms with Crippen molar-refractivity contribution in [1.29, 1.82) is 0 Å². The number of imidazole rings is 1. The van der Waals surface area contributed by atoms with Crippen molar-refractivity contribution in [3.05, 3.63) is 6.33 Å². The zero-order valence-electron chi connectivity index (χ0n) is 22.0. The van der Waals surface area contributed by atoms with Gasteiger partial charge in [-0.15, -0.1) is 0 Å². The smallest absolute Gasteiger partial charge is 0.226 e. The molecule has 7 N–H and O–H groups in total. The molecule has 1 amide bonds. The number of nitrogens with zero attached hydrogens (tertiary/aromatic N) is 5. The summed E-state index contributed by atoms with van der Waals surface area (Å²) in [5.41, 5.74) is 6.76. The monoisotopic (exact) mass is 557 g/mol. The number of nitrogens with one attached hydrogen (secondary N) is 3. The maximum Gasteiger partial charge on any atom is 0.226 e. The van der Waals surface area contributed by atoms with Crippen LogP contribution in [-0.2, 0) is 19.6 Å². The number of carbonyl (C=O) groups excluding carboxylic acids is 1. The lowest BCUT2D eigenvalue weighted by atomic mass is 10.1. The standard InChI is InChI=1S/C22H39N9O6S/c1-4-30(2)12-14-17(33)18(34)21(37-14)31-13-26-16-19(23)28-22(29-20(16)31)25-11-10-24-15(32)8-6-5-7-9-27-38(3,35)36/h13-14,17-18,21,27,33-34H,4-12H2,1-3H3,(H,24,32)(H3,23,25,28,29)/t14-,17-,18-,21?/m1/s1. The number of hydrogen-bond donors (Lipinski definition) is 6. The normalized spacial score (nSPS) is 21.8. The van der Waals surface area contributed by atoms with Crippen LogP contribution in [0, 0.1) is 0 Å². The molecule has 3 rings (SSSR count). The number of sulfonamides is 1. The molecule has 38 heavy (non-hydrogen) atoms. The highest BCUT2D eigenvalue weighted by Gasteiger charge is 2.44. The second-order valence-corrected chi connectivity index (χ2v) is 11.2. The number of carbonyl (C=O) groups is 1. The predicted octanol–water partition coefficient (Wildman–Crippen LogP) is -1.38. The first-order valence-electron chi connectivity index (χ1n) is 12.7. The van der Waals surface area contributed by atoms with Crippen LogP contribution in [0.4, 0.5) is 11.8 Å². The number of ether oxygens (including phenoxy) is 1. The molecule has 0 bridgehead atoms. The highest BCUT2D eigenvalue weighted by atomic mass is 32.2. The number of fused-ring (bicyclic) bond motifs is 1. The lowest BCUT2D eigenvalue weighted by molar-refractivity contribution is -0.121. The van der Waals surface area contributed by atoms with Crippen LogP contribution in [0.3, 0.4) is 0 Å². The van der Waals surface area contributed by atoms with Crippen molar-refractivity contribution in [3.63, 3.8) is 0 Å². The molecule has 3 heterocycles.